The van der Waals surface area contributed by atoms with Gasteiger partial charge < -0.3 is 14.8 Å². The summed E-state index contributed by atoms with van der Waals surface area (Å²) in [7, 11) is 0. The van der Waals surface area contributed by atoms with E-state index in [-0.39, 0.29) is 18.0 Å². The quantitative estimate of drug-likeness (QED) is 0.263. The van der Waals surface area contributed by atoms with Crippen molar-refractivity contribution in [3.63, 3.8) is 0 Å². The molecule has 0 aliphatic carbocycles. The molecule has 0 radical (unpaired) electrons. The lowest BCUT2D eigenvalue weighted by molar-refractivity contribution is -0.112. The van der Waals surface area contributed by atoms with Crippen LogP contribution in [0.25, 0.3) is 6.08 Å². The third kappa shape index (κ3) is 6.24. The molecule has 0 aliphatic rings. The molecular weight excluding hydrogens is 499 g/mol. The van der Waals surface area contributed by atoms with Crippen LogP contribution in [0.4, 0.5) is 10.1 Å². The highest BCUT2D eigenvalue weighted by molar-refractivity contribution is 9.10. The highest BCUT2D eigenvalue weighted by atomic mass is 79.9. The van der Waals surface area contributed by atoms with Crippen LogP contribution in [0.2, 0.25) is 0 Å². The maximum absolute atomic E-state index is 13.9. The number of rotatable bonds is 8. The van der Waals surface area contributed by atoms with Crippen LogP contribution in [0.3, 0.4) is 0 Å². The molecule has 0 spiro atoms. The number of benzene rings is 3. The molecule has 3 rings (SSSR count). The molecule has 0 unspecified atom stereocenters. The zero-order valence-corrected chi connectivity index (χ0v) is 20.7. The van der Waals surface area contributed by atoms with E-state index in [0.717, 1.165) is 11.1 Å². The number of nitriles is 1. The van der Waals surface area contributed by atoms with Gasteiger partial charge in [0.25, 0.3) is 5.91 Å². The molecule has 0 heterocycles. The fourth-order valence-electron chi connectivity index (χ4n) is 3.14. The van der Waals surface area contributed by atoms with Gasteiger partial charge in [0.1, 0.15) is 24.1 Å². The number of carbonyl (C=O) groups excluding carboxylic acids is 1. The number of ether oxygens (including phenoxy) is 2. The number of anilines is 1. The first kappa shape index (κ1) is 25.0. The second kappa shape index (κ2) is 11.5. The molecule has 174 valence electrons. The molecule has 1 amide bonds. The van der Waals surface area contributed by atoms with E-state index in [1.54, 1.807) is 36.4 Å². The molecule has 5 nitrogen and oxygen atoms in total. The first-order valence-corrected chi connectivity index (χ1v) is 11.4. The summed E-state index contributed by atoms with van der Waals surface area (Å²) in [5.74, 6) is -0.0459. The van der Waals surface area contributed by atoms with Crippen molar-refractivity contribution in [2.45, 2.75) is 27.4 Å². The number of halogens is 2. The van der Waals surface area contributed by atoms with Gasteiger partial charge in [0, 0.05) is 15.7 Å². The first-order valence-electron chi connectivity index (χ1n) is 10.6. The van der Waals surface area contributed by atoms with Crippen molar-refractivity contribution in [1.82, 2.24) is 0 Å². The SMILES string of the molecule is CCOc1cc(/C=C(\C#N)C(=O)Nc2ccc(C)c(C)c2)c(Br)cc1OCc1ccccc1F. The van der Waals surface area contributed by atoms with Crippen molar-refractivity contribution in [1.29, 1.82) is 5.26 Å². The first-order chi connectivity index (χ1) is 16.3. The second-order valence-electron chi connectivity index (χ2n) is 7.56. The summed E-state index contributed by atoms with van der Waals surface area (Å²) in [4.78, 5) is 12.7. The monoisotopic (exact) mass is 522 g/mol. The van der Waals surface area contributed by atoms with Crippen LogP contribution < -0.4 is 14.8 Å². The molecule has 0 aromatic heterocycles. The number of aryl methyl sites for hydroxylation is 2. The van der Waals surface area contributed by atoms with Gasteiger partial charge in [-0.2, -0.15) is 5.26 Å². The molecular formula is C27H24BrFN2O3. The molecule has 3 aromatic rings. The Morgan fingerprint density at radius 3 is 2.50 bits per heavy atom. The minimum Gasteiger partial charge on any atom is -0.490 e. The molecule has 0 saturated carbocycles. The lowest BCUT2D eigenvalue weighted by Gasteiger charge is -2.14. The Hall–Kier alpha value is -3.63. The van der Waals surface area contributed by atoms with E-state index in [1.165, 1.54) is 12.1 Å². The van der Waals surface area contributed by atoms with Crippen LogP contribution in [0.15, 0.2) is 64.6 Å². The van der Waals surface area contributed by atoms with Gasteiger partial charge in [-0.1, -0.05) is 40.2 Å². The molecule has 0 aliphatic heterocycles. The summed E-state index contributed by atoms with van der Waals surface area (Å²) in [6.45, 7) is 6.16. The van der Waals surface area contributed by atoms with Gasteiger partial charge in [-0.15, -0.1) is 0 Å². The third-order valence-corrected chi connectivity index (χ3v) is 5.82. The molecule has 0 bridgehead atoms. The van der Waals surface area contributed by atoms with E-state index in [0.29, 0.717) is 39.4 Å². The van der Waals surface area contributed by atoms with Gasteiger partial charge in [0.15, 0.2) is 11.5 Å². The maximum atomic E-state index is 13.9. The van der Waals surface area contributed by atoms with Gasteiger partial charge in [0.2, 0.25) is 0 Å². The second-order valence-corrected chi connectivity index (χ2v) is 8.41. The number of nitrogens with one attached hydrogen (secondary N) is 1. The van der Waals surface area contributed by atoms with Gasteiger partial charge in [-0.25, -0.2) is 4.39 Å². The minimum atomic E-state index is -0.518. The summed E-state index contributed by atoms with van der Waals surface area (Å²) in [5, 5.41) is 12.4. The van der Waals surface area contributed by atoms with Crippen LogP contribution in [-0.4, -0.2) is 12.5 Å². The zero-order valence-electron chi connectivity index (χ0n) is 19.1. The number of hydrogen-bond donors (Lipinski definition) is 1. The highest BCUT2D eigenvalue weighted by Gasteiger charge is 2.15. The predicted molar refractivity (Wildman–Crippen MR) is 134 cm³/mol. The zero-order chi connectivity index (χ0) is 24.7. The molecule has 3 aromatic carbocycles. The average molecular weight is 523 g/mol. The Kier molecular flexibility index (Phi) is 8.44. The van der Waals surface area contributed by atoms with Gasteiger partial charge in [0.05, 0.1) is 6.61 Å². The van der Waals surface area contributed by atoms with Crippen molar-refractivity contribution < 1.29 is 18.7 Å². The fourth-order valence-corrected chi connectivity index (χ4v) is 3.57. The topological polar surface area (TPSA) is 71.3 Å². The van der Waals surface area contributed by atoms with Crippen LogP contribution in [-0.2, 0) is 11.4 Å². The summed E-state index contributed by atoms with van der Waals surface area (Å²) in [5.41, 5.74) is 3.67. The third-order valence-electron chi connectivity index (χ3n) is 5.13. The van der Waals surface area contributed by atoms with E-state index in [2.05, 4.69) is 21.2 Å². The van der Waals surface area contributed by atoms with Crippen molar-refractivity contribution in [3.05, 3.63) is 92.7 Å². The lowest BCUT2D eigenvalue weighted by Crippen LogP contribution is -2.13. The Morgan fingerprint density at radius 1 is 1.09 bits per heavy atom. The molecule has 34 heavy (non-hydrogen) atoms. The smallest absolute Gasteiger partial charge is 0.266 e. The Labute approximate surface area is 207 Å². The van der Waals surface area contributed by atoms with Gasteiger partial charge >= 0.3 is 0 Å². The van der Waals surface area contributed by atoms with Gasteiger partial charge in [-0.3, -0.25) is 4.79 Å². The number of amides is 1. The van der Waals surface area contributed by atoms with E-state index in [9.17, 15) is 14.4 Å². The van der Waals surface area contributed by atoms with Crippen molar-refractivity contribution >= 4 is 33.6 Å². The summed E-state index contributed by atoms with van der Waals surface area (Å²) in [6.07, 6.45) is 1.48. The number of nitrogens with zero attached hydrogens (tertiary/aromatic N) is 1. The van der Waals surface area contributed by atoms with Crippen LogP contribution in [0.5, 0.6) is 11.5 Å². The lowest BCUT2D eigenvalue weighted by atomic mass is 10.1. The van der Waals surface area contributed by atoms with E-state index in [4.69, 9.17) is 9.47 Å². The Bertz CT molecular complexity index is 1280. The van der Waals surface area contributed by atoms with Crippen LogP contribution in [0.1, 0.15) is 29.2 Å². The highest BCUT2D eigenvalue weighted by Crippen LogP contribution is 2.35. The predicted octanol–water partition coefficient (Wildman–Crippen LogP) is 6.73. The Balaban J connectivity index is 1.86. The molecule has 1 N–H and O–H groups in total. The fraction of sp³-hybridized carbons (Fsp3) is 0.185. The van der Waals surface area contributed by atoms with Crippen molar-refractivity contribution in [2.75, 3.05) is 11.9 Å². The molecule has 0 atom stereocenters. The van der Waals surface area contributed by atoms with Crippen LogP contribution >= 0.6 is 15.9 Å². The van der Waals surface area contributed by atoms with E-state index in [1.807, 2.05) is 39.0 Å². The van der Waals surface area contributed by atoms with Crippen molar-refractivity contribution in [3.8, 4) is 17.6 Å². The van der Waals surface area contributed by atoms with E-state index < -0.39 is 5.91 Å². The number of carbonyl (C=O) groups is 1. The standard InChI is InChI=1S/C27H24BrFN2O3/c1-4-33-25-13-20(23(28)14-26(25)34-16-19-7-5-6-8-24(19)29)12-21(15-30)27(32)31-22-10-9-17(2)18(3)11-22/h5-14H,4,16H2,1-3H3,(H,31,32)/b21-12+. The maximum Gasteiger partial charge on any atom is 0.266 e. The number of hydrogen-bond acceptors (Lipinski definition) is 4. The average Bonchev–Trinajstić information content (AvgIpc) is 2.81. The minimum absolute atomic E-state index is 0.0240. The normalized spacial score (nSPS) is 11.0. The molecule has 0 saturated heterocycles. The summed E-state index contributed by atoms with van der Waals surface area (Å²) >= 11 is 3.47. The largest absolute Gasteiger partial charge is 0.490 e. The van der Waals surface area contributed by atoms with Crippen molar-refractivity contribution in [2.24, 2.45) is 0 Å². The summed E-state index contributed by atoms with van der Waals surface area (Å²) < 4.78 is 26.0. The summed E-state index contributed by atoms with van der Waals surface area (Å²) in [6, 6.07) is 17.2. The van der Waals surface area contributed by atoms with Gasteiger partial charge in [-0.05, 0) is 73.9 Å². The van der Waals surface area contributed by atoms with E-state index >= 15 is 0 Å². The molecule has 7 heteroatoms. The Morgan fingerprint density at radius 2 is 1.82 bits per heavy atom. The van der Waals surface area contributed by atoms with Crippen LogP contribution in [0, 0.1) is 31.0 Å². The molecule has 0 fully saturated rings.